The molecule has 0 aliphatic heterocycles. The van der Waals surface area contributed by atoms with E-state index in [0.717, 1.165) is 28.0 Å². The number of anilines is 1. The quantitative estimate of drug-likeness (QED) is 0.789. The molecule has 1 N–H and O–H groups in total. The monoisotopic (exact) mass is 266 g/mol. The van der Waals surface area contributed by atoms with Gasteiger partial charge in [0.15, 0.2) is 5.82 Å². The summed E-state index contributed by atoms with van der Waals surface area (Å²) in [5.74, 6) is 2.21. The van der Waals surface area contributed by atoms with E-state index in [2.05, 4.69) is 20.3 Å². The van der Waals surface area contributed by atoms with E-state index in [1.54, 1.807) is 19.5 Å². The molecule has 0 aliphatic rings. The summed E-state index contributed by atoms with van der Waals surface area (Å²) in [4.78, 5) is 13.2. The highest BCUT2D eigenvalue weighted by Gasteiger charge is 2.09. The molecular formula is C15H14N4O. The molecule has 0 radical (unpaired) electrons. The number of rotatable bonds is 3. The van der Waals surface area contributed by atoms with Gasteiger partial charge in [-0.15, -0.1) is 0 Å². The predicted octanol–water partition coefficient (Wildman–Crippen LogP) is 2.74. The highest BCUT2D eigenvalue weighted by Crippen LogP contribution is 2.27. The minimum atomic E-state index is 0.653. The zero-order valence-corrected chi connectivity index (χ0v) is 11.3. The van der Waals surface area contributed by atoms with Crippen LogP contribution in [0.25, 0.3) is 22.3 Å². The zero-order chi connectivity index (χ0) is 13.9. The summed E-state index contributed by atoms with van der Waals surface area (Å²) in [6.07, 6.45) is 3.48. The van der Waals surface area contributed by atoms with E-state index in [1.165, 1.54) is 0 Å². The van der Waals surface area contributed by atoms with Gasteiger partial charge in [0, 0.05) is 30.4 Å². The van der Waals surface area contributed by atoms with Crippen LogP contribution in [-0.4, -0.2) is 29.1 Å². The number of hydrogen-bond donors (Lipinski definition) is 1. The summed E-state index contributed by atoms with van der Waals surface area (Å²) in [6.45, 7) is 0. The first-order valence-electron chi connectivity index (χ1n) is 6.26. The maximum Gasteiger partial charge on any atom is 0.163 e. The van der Waals surface area contributed by atoms with Crippen LogP contribution in [0.3, 0.4) is 0 Å². The molecule has 2 aromatic heterocycles. The van der Waals surface area contributed by atoms with E-state index in [1.807, 2.05) is 37.4 Å². The van der Waals surface area contributed by atoms with Crippen LogP contribution in [0.2, 0.25) is 0 Å². The lowest BCUT2D eigenvalue weighted by atomic mass is 10.2. The summed E-state index contributed by atoms with van der Waals surface area (Å²) >= 11 is 0. The molecule has 0 saturated carbocycles. The van der Waals surface area contributed by atoms with Crippen molar-refractivity contribution in [3.05, 3.63) is 42.7 Å². The van der Waals surface area contributed by atoms with E-state index in [0.29, 0.717) is 5.82 Å². The van der Waals surface area contributed by atoms with Crippen molar-refractivity contribution in [3.8, 4) is 17.1 Å². The Bertz CT molecular complexity index is 743. The normalized spacial score (nSPS) is 10.5. The first kappa shape index (κ1) is 12.3. The van der Waals surface area contributed by atoms with E-state index in [4.69, 9.17) is 4.74 Å². The van der Waals surface area contributed by atoms with Crippen LogP contribution in [0.5, 0.6) is 5.75 Å². The minimum Gasteiger partial charge on any atom is -0.497 e. The molecule has 0 spiro atoms. The first-order valence-corrected chi connectivity index (χ1v) is 6.26. The summed E-state index contributed by atoms with van der Waals surface area (Å²) in [5.41, 5.74) is 1.76. The van der Waals surface area contributed by atoms with Crippen molar-refractivity contribution in [1.82, 2.24) is 15.0 Å². The largest absolute Gasteiger partial charge is 0.497 e. The lowest BCUT2D eigenvalue weighted by molar-refractivity contribution is 0.415. The molecule has 0 bridgehead atoms. The molecule has 20 heavy (non-hydrogen) atoms. The molecule has 0 atom stereocenters. The molecule has 1 aromatic carbocycles. The molecule has 2 heterocycles. The average Bonchev–Trinajstić information content (AvgIpc) is 2.54. The molecule has 0 aliphatic carbocycles. The average molecular weight is 266 g/mol. The SMILES string of the molecule is CNc1nc(-c2cccnc2)nc2ccc(OC)cc12. The van der Waals surface area contributed by atoms with E-state index >= 15 is 0 Å². The van der Waals surface area contributed by atoms with Crippen LogP contribution in [0.1, 0.15) is 0 Å². The predicted molar refractivity (Wildman–Crippen MR) is 78.9 cm³/mol. The second-order valence-corrected chi connectivity index (χ2v) is 4.27. The van der Waals surface area contributed by atoms with Crippen molar-refractivity contribution in [2.24, 2.45) is 0 Å². The molecular weight excluding hydrogens is 252 g/mol. The van der Waals surface area contributed by atoms with Gasteiger partial charge in [0.1, 0.15) is 11.6 Å². The molecule has 3 aromatic rings. The smallest absolute Gasteiger partial charge is 0.163 e. The Kier molecular flexibility index (Phi) is 3.16. The number of aromatic nitrogens is 3. The molecule has 0 amide bonds. The number of nitrogens with one attached hydrogen (secondary N) is 1. The van der Waals surface area contributed by atoms with Gasteiger partial charge in [-0.25, -0.2) is 9.97 Å². The van der Waals surface area contributed by atoms with Crippen molar-refractivity contribution in [2.45, 2.75) is 0 Å². The highest BCUT2D eigenvalue weighted by atomic mass is 16.5. The lowest BCUT2D eigenvalue weighted by Gasteiger charge is -2.09. The summed E-state index contributed by atoms with van der Waals surface area (Å²) in [6, 6.07) is 9.56. The first-order chi connectivity index (χ1) is 9.81. The maximum atomic E-state index is 5.24. The Morgan fingerprint density at radius 3 is 2.75 bits per heavy atom. The fraction of sp³-hybridized carbons (Fsp3) is 0.133. The van der Waals surface area contributed by atoms with Gasteiger partial charge in [0.2, 0.25) is 0 Å². The molecule has 0 saturated heterocycles. The third kappa shape index (κ3) is 2.14. The highest BCUT2D eigenvalue weighted by molar-refractivity contribution is 5.91. The van der Waals surface area contributed by atoms with Gasteiger partial charge in [-0.2, -0.15) is 0 Å². The van der Waals surface area contributed by atoms with Gasteiger partial charge in [-0.3, -0.25) is 4.98 Å². The van der Waals surface area contributed by atoms with Gasteiger partial charge < -0.3 is 10.1 Å². The van der Waals surface area contributed by atoms with Crippen LogP contribution in [-0.2, 0) is 0 Å². The number of benzene rings is 1. The number of hydrogen-bond acceptors (Lipinski definition) is 5. The molecule has 0 unspecified atom stereocenters. The molecule has 100 valence electrons. The van der Waals surface area contributed by atoms with Gasteiger partial charge >= 0.3 is 0 Å². The van der Waals surface area contributed by atoms with Gasteiger partial charge in [-0.1, -0.05) is 0 Å². The van der Waals surface area contributed by atoms with Gasteiger partial charge in [0.05, 0.1) is 12.6 Å². The Morgan fingerprint density at radius 2 is 2.05 bits per heavy atom. The molecule has 3 rings (SSSR count). The van der Waals surface area contributed by atoms with Crippen LogP contribution < -0.4 is 10.1 Å². The minimum absolute atomic E-state index is 0.653. The fourth-order valence-electron chi connectivity index (χ4n) is 2.05. The number of nitrogens with zero attached hydrogens (tertiary/aromatic N) is 3. The summed E-state index contributed by atoms with van der Waals surface area (Å²) in [7, 11) is 3.49. The fourth-order valence-corrected chi connectivity index (χ4v) is 2.05. The number of methoxy groups -OCH3 is 1. The summed E-state index contributed by atoms with van der Waals surface area (Å²) < 4.78 is 5.24. The number of ether oxygens (including phenoxy) is 1. The van der Waals surface area contributed by atoms with Crippen molar-refractivity contribution < 1.29 is 4.74 Å². The standard InChI is InChI=1S/C15H14N4O/c1-16-15-12-8-11(20-2)5-6-13(12)18-14(19-15)10-4-3-7-17-9-10/h3-9H,1-2H3,(H,16,18,19). The number of fused-ring (bicyclic) bond motifs is 1. The van der Waals surface area contributed by atoms with Crippen molar-refractivity contribution >= 4 is 16.7 Å². The van der Waals surface area contributed by atoms with E-state index < -0.39 is 0 Å². The van der Waals surface area contributed by atoms with Gasteiger partial charge in [0.25, 0.3) is 0 Å². The second-order valence-electron chi connectivity index (χ2n) is 4.27. The lowest BCUT2D eigenvalue weighted by Crippen LogP contribution is -1.99. The van der Waals surface area contributed by atoms with Crippen LogP contribution >= 0.6 is 0 Å². The Hall–Kier alpha value is -2.69. The van der Waals surface area contributed by atoms with Crippen LogP contribution in [0.4, 0.5) is 5.82 Å². The van der Waals surface area contributed by atoms with Crippen molar-refractivity contribution in [2.75, 3.05) is 19.5 Å². The molecule has 0 fully saturated rings. The third-order valence-electron chi connectivity index (χ3n) is 3.06. The number of pyridine rings is 1. The molecule has 5 heteroatoms. The van der Waals surface area contributed by atoms with Crippen molar-refractivity contribution in [1.29, 1.82) is 0 Å². The Balaban J connectivity index is 2.22. The van der Waals surface area contributed by atoms with E-state index in [9.17, 15) is 0 Å². The van der Waals surface area contributed by atoms with E-state index in [-0.39, 0.29) is 0 Å². The Labute approximate surface area is 116 Å². The third-order valence-corrected chi connectivity index (χ3v) is 3.06. The van der Waals surface area contributed by atoms with Gasteiger partial charge in [-0.05, 0) is 30.3 Å². The second kappa shape index (κ2) is 5.13. The Morgan fingerprint density at radius 1 is 1.15 bits per heavy atom. The van der Waals surface area contributed by atoms with Crippen LogP contribution in [0, 0.1) is 0 Å². The topological polar surface area (TPSA) is 59.9 Å². The molecule has 5 nitrogen and oxygen atoms in total. The van der Waals surface area contributed by atoms with Crippen LogP contribution in [0.15, 0.2) is 42.7 Å². The summed E-state index contributed by atoms with van der Waals surface area (Å²) in [5, 5.41) is 4.03. The maximum absolute atomic E-state index is 5.24. The van der Waals surface area contributed by atoms with Crippen molar-refractivity contribution in [3.63, 3.8) is 0 Å². The zero-order valence-electron chi connectivity index (χ0n) is 11.3.